The van der Waals surface area contributed by atoms with Gasteiger partial charge in [0.2, 0.25) is 0 Å². The van der Waals surface area contributed by atoms with Crippen LogP contribution in [0.5, 0.6) is 0 Å². The third-order valence-electron chi connectivity index (χ3n) is 2.75. The first-order valence-electron chi connectivity index (χ1n) is 6.10. The molecule has 0 spiro atoms. The van der Waals surface area contributed by atoms with Crippen molar-refractivity contribution in [2.75, 3.05) is 32.8 Å². The number of nitrogens with zero attached hydrogens (tertiary/aromatic N) is 1. The van der Waals surface area contributed by atoms with E-state index >= 15 is 0 Å². The predicted molar refractivity (Wildman–Crippen MR) is 62.5 cm³/mol. The summed E-state index contributed by atoms with van der Waals surface area (Å²) in [5.74, 6) is 0.271. The molecule has 16 heavy (non-hydrogen) atoms. The molecule has 1 atom stereocenters. The van der Waals surface area contributed by atoms with Crippen LogP contribution in [0, 0.1) is 11.8 Å². The summed E-state index contributed by atoms with van der Waals surface area (Å²) < 4.78 is 5.42. The van der Waals surface area contributed by atoms with Gasteiger partial charge in [-0.15, -0.1) is 0 Å². The molecule has 1 rings (SSSR count). The lowest BCUT2D eigenvalue weighted by Gasteiger charge is -2.29. The first-order chi connectivity index (χ1) is 7.58. The second kappa shape index (κ2) is 6.86. The number of ether oxygens (including phenoxy) is 1. The quantitative estimate of drug-likeness (QED) is 0.749. The summed E-state index contributed by atoms with van der Waals surface area (Å²) in [5.41, 5.74) is 0. The molecular weight excluding hydrogens is 206 g/mol. The predicted octanol–water partition coefficient (Wildman–Crippen LogP) is 1.46. The molecule has 0 aromatic heterocycles. The molecule has 0 aromatic rings. The van der Waals surface area contributed by atoms with Crippen LogP contribution in [-0.4, -0.2) is 48.8 Å². The number of carboxylic acids is 1. The highest BCUT2D eigenvalue weighted by atomic mass is 16.5. The average molecular weight is 229 g/mol. The van der Waals surface area contributed by atoms with Crippen molar-refractivity contribution in [3.8, 4) is 0 Å². The zero-order chi connectivity index (χ0) is 12.0. The van der Waals surface area contributed by atoms with Crippen molar-refractivity contribution in [3.05, 3.63) is 0 Å². The van der Waals surface area contributed by atoms with Crippen LogP contribution in [0.25, 0.3) is 0 Å². The van der Waals surface area contributed by atoms with E-state index in [1.165, 1.54) is 0 Å². The van der Waals surface area contributed by atoms with Gasteiger partial charge in [-0.1, -0.05) is 13.8 Å². The molecular formula is C12H23NO3. The zero-order valence-corrected chi connectivity index (χ0v) is 10.3. The van der Waals surface area contributed by atoms with E-state index in [0.29, 0.717) is 11.8 Å². The Labute approximate surface area is 97.6 Å². The summed E-state index contributed by atoms with van der Waals surface area (Å²) in [6.45, 7) is 7.73. The van der Waals surface area contributed by atoms with Crippen molar-refractivity contribution in [2.45, 2.75) is 26.7 Å². The topological polar surface area (TPSA) is 49.8 Å². The number of carbonyl (C=O) groups is 1. The van der Waals surface area contributed by atoms with E-state index in [2.05, 4.69) is 13.8 Å². The van der Waals surface area contributed by atoms with E-state index in [1.54, 1.807) is 0 Å². The van der Waals surface area contributed by atoms with Crippen LogP contribution in [0.1, 0.15) is 26.7 Å². The molecule has 1 N–H and O–H groups in total. The van der Waals surface area contributed by atoms with E-state index in [1.807, 2.05) is 4.90 Å². The first kappa shape index (κ1) is 13.5. The van der Waals surface area contributed by atoms with E-state index in [0.717, 1.165) is 39.1 Å². The monoisotopic (exact) mass is 229 g/mol. The molecule has 1 unspecified atom stereocenters. The number of hydrogen-bond acceptors (Lipinski definition) is 3. The lowest BCUT2D eigenvalue weighted by Crippen LogP contribution is -2.38. The maximum Gasteiger partial charge on any atom is 0.317 e. The summed E-state index contributed by atoms with van der Waals surface area (Å²) in [6, 6.07) is 0. The van der Waals surface area contributed by atoms with E-state index in [-0.39, 0.29) is 6.54 Å². The molecule has 1 aliphatic rings. The molecule has 0 saturated carbocycles. The SMILES string of the molecule is CC(C)CN(CC(=O)O)CC1CCCOC1. The van der Waals surface area contributed by atoms with Crippen molar-refractivity contribution in [1.82, 2.24) is 4.90 Å². The smallest absolute Gasteiger partial charge is 0.317 e. The standard InChI is InChI=1S/C12H23NO3/c1-10(2)6-13(8-12(14)15)7-11-4-3-5-16-9-11/h10-11H,3-9H2,1-2H3,(H,14,15). The molecule has 4 nitrogen and oxygen atoms in total. The van der Waals surface area contributed by atoms with Crippen molar-refractivity contribution in [2.24, 2.45) is 11.8 Å². The van der Waals surface area contributed by atoms with Gasteiger partial charge in [-0.25, -0.2) is 0 Å². The van der Waals surface area contributed by atoms with Crippen LogP contribution in [-0.2, 0) is 9.53 Å². The Balaban J connectivity index is 2.37. The average Bonchev–Trinajstić information content (AvgIpc) is 2.16. The third kappa shape index (κ3) is 5.47. The van der Waals surface area contributed by atoms with Gasteiger partial charge in [0.15, 0.2) is 0 Å². The van der Waals surface area contributed by atoms with Gasteiger partial charge in [0, 0.05) is 19.7 Å². The number of carboxylic acid groups (broad SMARTS) is 1. The van der Waals surface area contributed by atoms with Crippen molar-refractivity contribution in [3.63, 3.8) is 0 Å². The second-order valence-corrected chi connectivity index (χ2v) is 5.06. The van der Waals surface area contributed by atoms with E-state index < -0.39 is 5.97 Å². The third-order valence-corrected chi connectivity index (χ3v) is 2.75. The molecule has 0 radical (unpaired) electrons. The summed E-state index contributed by atoms with van der Waals surface area (Å²) in [5, 5.41) is 8.85. The molecule has 4 heteroatoms. The van der Waals surface area contributed by atoms with Crippen LogP contribution in [0.4, 0.5) is 0 Å². The van der Waals surface area contributed by atoms with Crippen molar-refractivity contribution < 1.29 is 14.6 Å². The van der Waals surface area contributed by atoms with Gasteiger partial charge in [-0.2, -0.15) is 0 Å². The second-order valence-electron chi connectivity index (χ2n) is 5.06. The highest BCUT2D eigenvalue weighted by molar-refractivity contribution is 5.69. The Hall–Kier alpha value is -0.610. The largest absolute Gasteiger partial charge is 0.480 e. The minimum Gasteiger partial charge on any atom is -0.480 e. The van der Waals surface area contributed by atoms with Crippen LogP contribution in [0.15, 0.2) is 0 Å². The highest BCUT2D eigenvalue weighted by Crippen LogP contribution is 2.15. The Morgan fingerprint density at radius 3 is 2.81 bits per heavy atom. The number of hydrogen-bond donors (Lipinski definition) is 1. The summed E-state index contributed by atoms with van der Waals surface area (Å²) in [4.78, 5) is 12.8. The fraction of sp³-hybridized carbons (Fsp3) is 0.917. The molecule has 1 saturated heterocycles. The maximum absolute atomic E-state index is 10.8. The molecule has 0 aliphatic carbocycles. The first-order valence-corrected chi connectivity index (χ1v) is 6.10. The Morgan fingerprint density at radius 1 is 1.56 bits per heavy atom. The molecule has 1 fully saturated rings. The van der Waals surface area contributed by atoms with Gasteiger partial charge in [0.05, 0.1) is 13.2 Å². The fourth-order valence-corrected chi connectivity index (χ4v) is 2.23. The lowest BCUT2D eigenvalue weighted by atomic mass is 10.0. The molecule has 94 valence electrons. The molecule has 1 aliphatic heterocycles. The van der Waals surface area contributed by atoms with Gasteiger partial charge in [0.1, 0.15) is 0 Å². The molecule has 0 aromatic carbocycles. The fourth-order valence-electron chi connectivity index (χ4n) is 2.23. The Kier molecular flexibility index (Phi) is 5.77. The van der Waals surface area contributed by atoms with Crippen LogP contribution >= 0.6 is 0 Å². The van der Waals surface area contributed by atoms with Crippen molar-refractivity contribution >= 4 is 5.97 Å². The Morgan fingerprint density at radius 2 is 2.31 bits per heavy atom. The van der Waals surface area contributed by atoms with Crippen LogP contribution < -0.4 is 0 Å². The normalized spacial score (nSPS) is 21.6. The molecule has 1 heterocycles. The lowest BCUT2D eigenvalue weighted by molar-refractivity contribution is -0.138. The number of rotatable bonds is 6. The summed E-state index contributed by atoms with van der Waals surface area (Å²) >= 11 is 0. The summed E-state index contributed by atoms with van der Waals surface area (Å²) in [6.07, 6.45) is 2.27. The maximum atomic E-state index is 10.8. The van der Waals surface area contributed by atoms with E-state index in [4.69, 9.17) is 9.84 Å². The summed E-state index contributed by atoms with van der Waals surface area (Å²) in [7, 11) is 0. The van der Waals surface area contributed by atoms with Gasteiger partial charge in [-0.05, 0) is 24.7 Å². The van der Waals surface area contributed by atoms with Gasteiger partial charge < -0.3 is 9.84 Å². The van der Waals surface area contributed by atoms with E-state index in [9.17, 15) is 4.79 Å². The zero-order valence-electron chi connectivity index (χ0n) is 10.3. The van der Waals surface area contributed by atoms with Gasteiger partial charge in [-0.3, -0.25) is 9.69 Å². The number of aliphatic carboxylic acids is 1. The van der Waals surface area contributed by atoms with Crippen LogP contribution in [0.2, 0.25) is 0 Å². The minimum absolute atomic E-state index is 0.147. The minimum atomic E-state index is -0.739. The molecule has 0 amide bonds. The highest BCUT2D eigenvalue weighted by Gasteiger charge is 2.19. The Bertz CT molecular complexity index is 212. The van der Waals surface area contributed by atoms with Crippen molar-refractivity contribution in [1.29, 1.82) is 0 Å². The van der Waals surface area contributed by atoms with Crippen LogP contribution in [0.3, 0.4) is 0 Å². The van der Waals surface area contributed by atoms with Gasteiger partial charge >= 0.3 is 5.97 Å². The molecule has 0 bridgehead atoms. The van der Waals surface area contributed by atoms with Gasteiger partial charge in [0.25, 0.3) is 0 Å².